The van der Waals surface area contributed by atoms with E-state index in [1.165, 1.54) is 5.56 Å². The second-order valence-corrected chi connectivity index (χ2v) is 4.84. The lowest BCUT2D eigenvalue weighted by Gasteiger charge is -2.23. The lowest BCUT2D eigenvalue weighted by molar-refractivity contribution is -0.139. The normalized spacial score (nSPS) is 12.2. The summed E-state index contributed by atoms with van der Waals surface area (Å²) in [5.74, 6) is -0.772. The van der Waals surface area contributed by atoms with Crippen LogP contribution in [-0.2, 0) is 4.79 Å². The molecule has 0 aliphatic rings. The van der Waals surface area contributed by atoms with Crippen molar-refractivity contribution in [2.75, 3.05) is 25.0 Å². The first-order chi connectivity index (χ1) is 9.06. The van der Waals surface area contributed by atoms with Crippen LogP contribution in [0.1, 0.15) is 25.3 Å². The van der Waals surface area contributed by atoms with Gasteiger partial charge in [-0.2, -0.15) is 0 Å². The molecule has 0 spiro atoms. The predicted octanol–water partition coefficient (Wildman–Crippen LogP) is 2.27. The Morgan fingerprint density at radius 3 is 2.68 bits per heavy atom. The van der Waals surface area contributed by atoms with E-state index in [0.29, 0.717) is 6.42 Å². The molecular formula is C15H24N2O2. The first-order valence-corrected chi connectivity index (χ1v) is 6.79. The number of hydrogen-bond donors (Lipinski definition) is 2. The van der Waals surface area contributed by atoms with Crippen LogP contribution in [-0.4, -0.2) is 37.3 Å². The monoisotopic (exact) mass is 264 g/mol. The topological polar surface area (TPSA) is 52.6 Å². The maximum Gasteiger partial charge on any atom is 0.320 e. The van der Waals surface area contributed by atoms with Gasteiger partial charge in [-0.1, -0.05) is 25.1 Å². The van der Waals surface area contributed by atoms with Crippen molar-refractivity contribution in [2.45, 2.75) is 32.7 Å². The molecule has 0 radical (unpaired) electrons. The number of aryl methyl sites for hydroxylation is 1. The largest absolute Gasteiger partial charge is 0.480 e. The van der Waals surface area contributed by atoms with Crippen LogP contribution in [0.2, 0.25) is 0 Å². The van der Waals surface area contributed by atoms with E-state index >= 15 is 0 Å². The van der Waals surface area contributed by atoms with E-state index in [1.807, 2.05) is 26.1 Å². The number of hydrogen-bond acceptors (Lipinski definition) is 3. The van der Waals surface area contributed by atoms with Crippen LogP contribution >= 0.6 is 0 Å². The molecule has 2 N–H and O–H groups in total. The van der Waals surface area contributed by atoms with Crippen LogP contribution in [0.15, 0.2) is 24.3 Å². The molecule has 0 aliphatic carbocycles. The molecule has 1 atom stereocenters. The highest BCUT2D eigenvalue weighted by Crippen LogP contribution is 2.18. The zero-order valence-corrected chi connectivity index (χ0v) is 12.0. The van der Waals surface area contributed by atoms with Crippen molar-refractivity contribution in [1.29, 1.82) is 0 Å². The van der Waals surface area contributed by atoms with Crippen LogP contribution in [0.3, 0.4) is 0 Å². The summed E-state index contributed by atoms with van der Waals surface area (Å²) in [6.45, 7) is 5.56. The fraction of sp³-hybridized carbons (Fsp3) is 0.533. The molecular weight excluding hydrogens is 240 g/mol. The van der Waals surface area contributed by atoms with Crippen molar-refractivity contribution >= 4 is 11.7 Å². The molecule has 1 aromatic carbocycles. The molecule has 0 saturated heterocycles. The quantitative estimate of drug-likeness (QED) is 0.756. The standard InChI is InChI=1S/C15H24N2O2/c1-4-10-16-13(15(18)19)9-11-17(3)14-8-6-5-7-12(14)2/h5-8,13,16H,4,9-11H2,1-3H3,(H,18,19). The van der Waals surface area contributed by atoms with Crippen molar-refractivity contribution in [3.63, 3.8) is 0 Å². The third kappa shape index (κ3) is 4.91. The Kier molecular flexibility index (Phi) is 6.36. The van der Waals surface area contributed by atoms with E-state index in [1.54, 1.807) is 0 Å². The third-order valence-electron chi connectivity index (χ3n) is 3.22. The van der Waals surface area contributed by atoms with E-state index in [9.17, 15) is 4.79 Å². The van der Waals surface area contributed by atoms with Gasteiger partial charge in [-0.3, -0.25) is 4.79 Å². The molecule has 0 aromatic heterocycles. The number of aliphatic carboxylic acids is 1. The number of rotatable bonds is 8. The van der Waals surface area contributed by atoms with E-state index in [-0.39, 0.29) is 0 Å². The highest BCUT2D eigenvalue weighted by molar-refractivity contribution is 5.73. The summed E-state index contributed by atoms with van der Waals surface area (Å²) >= 11 is 0. The number of carbonyl (C=O) groups is 1. The minimum absolute atomic E-state index is 0.466. The van der Waals surface area contributed by atoms with E-state index in [4.69, 9.17) is 5.11 Å². The molecule has 4 nitrogen and oxygen atoms in total. The lowest BCUT2D eigenvalue weighted by atomic mass is 10.1. The van der Waals surface area contributed by atoms with Crippen LogP contribution < -0.4 is 10.2 Å². The zero-order chi connectivity index (χ0) is 14.3. The van der Waals surface area contributed by atoms with Crippen LogP contribution in [0.25, 0.3) is 0 Å². The van der Waals surface area contributed by atoms with Gasteiger partial charge in [0.1, 0.15) is 6.04 Å². The number of nitrogens with zero attached hydrogens (tertiary/aromatic N) is 1. The van der Waals surface area contributed by atoms with E-state index in [2.05, 4.69) is 29.3 Å². The van der Waals surface area contributed by atoms with Crippen molar-refractivity contribution in [3.05, 3.63) is 29.8 Å². The first-order valence-electron chi connectivity index (χ1n) is 6.79. The van der Waals surface area contributed by atoms with Gasteiger partial charge < -0.3 is 15.3 Å². The number of carboxylic acid groups (broad SMARTS) is 1. The summed E-state index contributed by atoms with van der Waals surface area (Å²) in [4.78, 5) is 13.3. The smallest absolute Gasteiger partial charge is 0.320 e. The molecule has 4 heteroatoms. The Morgan fingerprint density at radius 2 is 2.11 bits per heavy atom. The Balaban J connectivity index is 2.54. The number of nitrogens with one attached hydrogen (secondary N) is 1. The molecule has 19 heavy (non-hydrogen) atoms. The molecule has 0 bridgehead atoms. The highest BCUT2D eigenvalue weighted by Gasteiger charge is 2.17. The third-order valence-corrected chi connectivity index (χ3v) is 3.22. The average molecular weight is 264 g/mol. The SMILES string of the molecule is CCCNC(CCN(C)c1ccccc1C)C(=O)O. The van der Waals surface area contributed by atoms with Crippen molar-refractivity contribution in [2.24, 2.45) is 0 Å². The molecule has 106 valence electrons. The maximum atomic E-state index is 11.1. The molecule has 1 unspecified atom stereocenters. The minimum Gasteiger partial charge on any atom is -0.480 e. The van der Waals surface area contributed by atoms with E-state index < -0.39 is 12.0 Å². The Labute approximate surface area is 115 Å². The number of anilines is 1. The van der Waals surface area contributed by atoms with Gasteiger partial charge in [0.2, 0.25) is 0 Å². The van der Waals surface area contributed by atoms with Gasteiger partial charge >= 0.3 is 5.97 Å². The molecule has 0 fully saturated rings. The zero-order valence-electron chi connectivity index (χ0n) is 12.0. The fourth-order valence-electron chi connectivity index (χ4n) is 2.07. The summed E-state index contributed by atoms with van der Waals surface area (Å²) in [5.41, 5.74) is 2.36. The molecule has 0 aliphatic heterocycles. The van der Waals surface area contributed by atoms with Crippen molar-refractivity contribution in [3.8, 4) is 0 Å². The lowest BCUT2D eigenvalue weighted by Crippen LogP contribution is -2.39. The highest BCUT2D eigenvalue weighted by atomic mass is 16.4. The summed E-state index contributed by atoms with van der Waals surface area (Å²) < 4.78 is 0. The van der Waals surface area contributed by atoms with Crippen molar-refractivity contribution in [1.82, 2.24) is 5.32 Å². The molecule has 0 amide bonds. The molecule has 0 heterocycles. The van der Waals surface area contributed by atoms with Gasteiger partial charge in [0.05, 0.1) is 0 Å². The number of carboxylic acids is 1. The molecule has 1 aromatic rings. The van der Waals surface area contributed by atoms with Crippen LogP contribution in [0.5, 0.6) is 0 Å². The minimum atomic E-state index is -0.772. The fourth-order valence-corrected chi connectivity index (χ4v) is 2.07. The van der Waals surface area contributed by atoms with Crippen LogP contribution in [0, 0.1) is 6.92 Å². The maximum absolute atomic E-state index is 11.1. The Morgan fingerprint density at radius 1 is 1.42 bits per heavy atom. The van der Waals surface area contributed by atoms with Gasteiger partial charge in [0.15, 0.2) is 0 Å². The van der Waals surface area contributed by atoms with Gasteiger partial charge in [-0.25, -0.2) is 0 Å². The van der Waals surface area contributed by atoms with E-state index in [0.717, 1.165) is 25.2 Å². The number of benzene rings is 1. The second-order valence-electron chi connectivity index (χ2n) is 4.84. The van der Waals surface area contributed by atoms with Gasteiger partial charge in [0, 0.05) is 19.3 Å². The molecule has 1 rings (SSSR count). The summed E-state index contributed by atoms with van der Waals surface area (Å²) in [6.07, 6.45) is 1.54. The Bertz CT molecular complexity index is 407. The van der Waals surface area contributed by atoms with Crippen LogP contribution in [0.4, 0.5) is 5.69 Å². The summed E-state index contributed by atoms with van der Waals surface area (Å²) in [5, 5.41) is 12.2. The molecule has 0 saturated carbocycles. The number of para-hydroxylation sites is 1. The average Bonchev–Trinajstić information content (AvgIpc) is 2.38. The summed E-state index contributed by atoms with van der Waals surface area (Å²) in [7, 11) is 2.00. The van der Waals surface area contributed by atoms with Gasteiger partial charge in [0.25, 0.3) is 0 Å². The Hall–Kier alpha value is -1.55. The van der Waals surface area contributed by atoms with Gasteiger partial charge in [-0.05, 0) is 37.9 Å². The summed E-state index contributed by atoms with van der Waals surface area (Å²) in [6, 6.07) is 7.67. The first kappa shape index (κ1) is 15.5. The van der Waals surface area contributed by atoms with Crippen molar-refractivity contribution < 1.29 is 9.90 Å². The predicted molar refractivity (Wildman–Crippen MR) is 78.8 cm³/mol. The second kappa shape index (κ2) is 7.79. The van der Waals surface area contributed by atoms with Gasteiger partial charge in [-0.15, -0.1) is 0 Å².